The van der Waals surface area contributed by atoms with Gasteiger partial charge in [-0.05, 0) is 67.3 Å². The molecule has 7 heteroatoms. The van der Waals surface area contributed by atoms with Crippen LogP contribution in [0, 0.1) is 0 Å². The molecule has 1 saturated heterocycles. The number of likely N-dealkylation sites (tertiary alicyclic amines) is 1. The van der Waals surface area contributed by atoms with E-state index in [9.17, 15) is 4.79 Å². The molecule has 2 atom stereocenters. The molecule has 1 amide bonds. The Balaban J connectivity index is 1.16. The standard InChI is InChI=1S/C29H32N3O3P/c1-20-30-27(29(33)31-20)17-25-8-4-5-9-28(25)34-19-26(35-36)18-32-14-12-22(13-15-32)24-11-10-21-6-2-3-7-23(21)16-24/h2-11,16-17,22,26H,12-15,18-19,36H2,1H3,(H,30,31,33)/b27-17-/t26-/m0/s1. The second-order valence-electron chi connectivity index (χ2n) is 9.47. The molecule has 2 heterocycles. The van der Waals surface area contributed by atoms with Crippen molar-refractivity contribution < 1.29 is 14.1 Å². The number of nitrogens with one attached hydrogen (secondary N) is 1. The molecule has 0 saturated carbocycles. The monoisotopic (exact) mass is 501 g/mol. The number of hydrogen-bond donors (Lipinski definition) is 1. The molecule has 1 fully saturated rings. The highest BCUT2D eigenvalue weighted by Crippen LogP contribution is 2.30. The number of amides is 1. The lowest BCUT2D eigenvalue weighted by atomic mass is 9.88. The molecule has 0 spiro atoms. The predicted octanol–water partition coefficient (Wildman–Crippen LogP) is 5.16. The first kappa shape index (κ1) is 24.6. The number of rotatable bonds is 8. The molecule has 6 nitrogen and oxygen atoms in total. The molecule has 1 unspecified atom stereocenters. The third-order valence-corrected chi connectivity index (χ3v) is 7.32. The van der Waals surface area contributed by atoms with Gasteiger partial charge in [-0.3, -0.25) is 4.79 Å². The minimum Gasteiger partial charge on any atom is -0.490 e. The van der Waals surface area contributed by atoms with Gasteiger partial charge in [0.15, 0.2) is 0 Å². The summed E-state index contributed by atoms with van der Waals surface area (Å²) in [6.45, 7) is 5.08. The Labute approximate surface area is 214 Å². The average Bonchev–Trinajstić information content (AvgIpc) is 3.23. The first-order valence-corrected chi connectivity index (χ1v) is 12.9. The zero-order chi connectivity index (χ0) is 24.9. The fraction of sp³-hybridized carbons (Fsp3) is 0.310. The van der Waals surface area contributed by atoms with E-state index in [-0.39, 0.29) is 12.0 Å². The van der Waals surface area contributed by atoms with Crippen molar-refractivity contribution in [1.29, 1.82) is 0 Å². The zero-order valence-electron chi connectivity index (χ0n) is 20.5. The highest BCUT2D eigenvalue weighted by molar-refractivity contribution is 7.09. The van der Waals surface area contributed by atoms with Crippen LogP contribution in [0.25, 0.3) is 16.8 Å². The Hall–Kier alpha value is -3.05. The lowest BCUT2D eigenvalue weighted by molar-refractivity contribution is -0.115. The lowest BCUT2D eigenvalue weighted by Gasteiger charge is -2.34. The van der Waals surface area contributed by atoms with Gasteiger partial charge >= 0.3 is 0 Å². The Kier molecular flexibility index (Phi) is 7.76. The van der Waals surface area contributed by atoms with Gasteiger partial charge < -0.3 is 19.5 Å². The average molecular weight is 502 g/mol. The molecule has 0 aromatic heterocycles. The minimum absolute atomic E-state index is 0.0806. The summed E-state index contributed by atoms with van der Waals surface area (Å²) in [6.07, 6.45) is 3.96. The number of carbonyl (C=O) groups excluding carboxylic acids is 1. The molecule has 0 radical (unpaired) electrons. The summed E-state index contributed by atoms with van der Waals surface area (Å²) in [5.74, 6) is 1.71. The van der Waals surface area contributed by atoms with Crippen LogP contribution < -0.4 is 10.1 Å². The van der Waals surface area contributed by atoms with Gasteiger partial charge in [0.05, 0.1) is 0 Å². The van der Waals surface area contributed by atoms with Crippen molar-refractivity contribution in [1.82, 2.24) is 10.2 Å². The number of aliphatic imine (C=N–C) groups is 1. The Morgan fingerprint density at radius 1 is 1.08 bits per heavy atom. The SMILES string of the molecule is CC1=N/C(=C\c2ccccc2OC[C@H](CN2CCC(c3ccc4ccccc4c3)CC2)OP)C(=O)N1. The largest absolute Gasteiger partial charge is 0.490 e. The second kappa shape index (κ2) is 11.3. The summed E-state index contributed by atoms with van der Waals surface area (Å²) in [6, 6.07) is 23.1. The first-order chi connectivity index (χ1) is 17.6. The van der Waals surface area contributed by atoms with Crippen LogP contribution in [0.4, 0.5) is 0 Å². The summed E-state index contributed by atoms with van der Waals surface area (Å²) in [5, 5.41) is 5.32. The molecule has 186 valence electrons. The zero-order valence-corrected chi connectivity index (χ0v) is 21.7. The van der Waals surface area contributed by atoms with Gasteiger partial charge in [0, 0.05) is 21.6 Å². The van der Waals surface area contributed by atoms with Gasteiger partial charge in [-0.15, -0.1) is 0 Å². The number of para-hydroxylation sites is 1. The van der Waals surface area contributed by atoms with Crippen molar-refractivity contribution in [3.05, 3.63) is 83.6 Å². The van der Waals surface area contributed by atoms with Crippen molar-refractivity contribution in [3.63, 3.8) is 0 Å². The molecule has 1 N–H and O–H groups in total. The van der Waals surface area contributed by atoms with Crippen molar-refractivity contribution in [3.8, 4) is 5.75 Å². The van der Waals surface area contributed by atoms with Gasteiger partial charge in [0.25, 0.3) is 5.91 Å². The summed E-state index contributed by atoms with van der Waals surface area (Å²) >= 11 is 0. The second-order valence-corrected chi connectivity index (χ2v) is 9.74. The minimum atomic E-state index is -0.194. The first-order valence-electron chi connectivity index (χ1n) is 12.5. The van der Waals surface area contributed by atoms with Crippen LogP contribution >= 0.6 is 9.47 Å². The van der Waals surface area contributed by atoms with Crippen molar-refractivity contribution in [2.75, 3.05) is 26.2 Å². The molecule has 3 aromatic carbocycles. The number of amidine groups is 1. The van der Waals surface area contributed by atoms with Crippen LogP contribution in [0.2, 0.25) is 0 Å². The Morgan fingerprint density at radius 2 is 1.83 bits per heavy atom. The van der Waals surface area contributed by atoms with Gasteiger partial charge in [0.1, 0.15) is 30.0 Å². The summed E-state index contributed by atoms with van der Waals surface area (Å²) < 4.78 is 11.8. The maximum atomic E-state index is 12.0. The molecule has 5 rings (SSSR count). The summed E-state index contributed by atoms with van der Waals surface area (Å²) in [5.41, 5.74) is 2.65. The van der Waals surface area contributed by atoms with E-state index in [2.05, 4.69) is 67.1 Å². The third-order valence-electron chi connectivity index (χ3n) is 6.94. The maximum Gasteiger partial charge on any atom is 0.275 e. The number of benzene rings is 3. The van der Waals surface area contributed by atoms with E-state index in [0.717, 1.165) is 38.0 Å². The topological polar surface area (TPSA) is 63.2 Å². The van der Waals surface area contributed by atoms with Gasteiger partial charge in [-0.1, -0.05) is 60.7 Å². The number of ether oxygens (including phenoxy) is 1. The third kappa shape index (κ3) is 5.84. The summed E-state index contributed by atoms with van der Waals surface area (Å²) in [7, 11) is 2.39. The van der Waals surface area contributed by atoms with E-state index in [4.69, 9.17) is 9.26 Å². The molecule has 0 aliphatic carbocycles. The fourth-order valence-electron chi connectivity index (χ4n) is 4.98. The van der Waals surface area contributed by atoms with Crippen molar-refractivity contribution in [2.24, 2.45) is 4.99 Å². The number of hydrogen-bond acceptors (Lipinski definition) is 5. The molecule has 2 aliphatic heterocycles. The predicted molar refractivity (Wildman–Crippen MR) is 148 cm³/mol. The maximum absolute atomic E-state index is 12.0. The highest BCUT2D eigenvalue weighted by atomic mass is 31.0. The number of fused-ring (bicyclic) bond motifs is 1. The van der Waals surface area contributed by atoms with E-state index in [1.165, 1.54) is 16.3 Å². The molecule has 2 aliphatic rings. The highest BCUT2D eigenvalue weighted by Gasteiger charge is 2.24. The Morgan fingerprint density at radius 3 is 2.58 bits per heavy atom. The van der Waals surface area contributed by atoms with E-state index < -0.39 is 0 Å². The van der Waals surface area contributed by atoms with E-state index in [0.29, 0.717) is 29.8 Å². The van der Waals surface area contributed by atoms with Crippen LogP contribution in [0.15, 0.2) is 77.4 Å². The van der Waals surface area contributed by atoms with Crippen LogP contribution in [-0.2, 0) is 9.32 Å². The van der Waals surface area contributed by atoms with E-state index in [1.807, 2.05) is 24.3 Å². The number of piperidine rings is 1. The smallest absolute Gasteiger partial charge is 0.275 e. The molecule has 36 heavy (non-hydrogen) atoms. The quantitative estimate of drug-likeness (QED) is 0.342. The van der Waals surface area contributed by atoms with Crippen LogP contribution in [0.5, 0.6) is 5.75 Å². The van der Waals surface area contributed by atoms with Crippen LogP contribution in [0.3, 0.4) is 0 Å². The molecule has 3 aromatic rings. The summed E-state index contributed by atoms with van der Waals surface area (Å²) in [4.78, 5) is 18.8. The lowest BCUT2D eigenvalue weighted by Crippen LogP contribution is -2.40. The Bertz CT molecular complexity index is 1300. The van der Waals surface area contributed by atoms with Crippen molar-refractivity contribution >= 4 is 38.1 Å². The van der Waals surface area contributed by atoms with E-state index in [1.54, 1.807) is 13.0 Å². The van der Waals surface area contributed by atoms with Crippen LogP contribution in [-0.4, -0.2) is 49.0 Å². The molecule has 0 bridgehead atoms. The van der Waals surface area contributed by atoms with Gasteiger partial charge in [-0.25, -0.2) is 4.99 Å². The fourth-order valence-corrected chi connectivity index (χ4v) is 5.15. The van der Waals surface area contributed by atoms with Gasteiger partial charge in [-0.2, -0.15) is 0 Å². The molecular weight excluding hydrogens is 469 g/mol. The number of carbonyl (C=O) groups is 1. The number of nitrogens with zero attached hydrogens (tertiary/aromatic N) is 2. The normalized spacial score (nSPS) is 18.9. The van der Waals surface area contributed by atoms with Crippen molar-refractivity contribution in [2.45, 2.75) is 31.8 Å². The molecular formula is C29H32N3O3P. The van der Waals surface area contributed by atoms with Crippen LogP contribution in [0.1, 0.15) is 36.8 Å². The van der Waals surface area contributed by atoms with Gasteiger partial charge in [0.2, 0.25) is 0 Å². The van der Waals surface area contributed by atoms with E-state index >= 15 is 0 Å².